The van der Waals surface area contributed by atoms with Gasteiger partial charge in [0.25, 0.3) is 0 Å². The van der Waals surface area contributed by atoms with Crippen molar-refractivity contribution in [3.8, 4) is 0 Å². The third-order valence-electron chi connectivity index (χ3n) is 8.02. The number of anilines is 1. The molecule has 2 aromatic rings. The Balaban J connectivity index is 1.09. The topological polar surface area (TPSA) is 93.1 Å². The first-order valence-electron chi connectivity index (χ1n) is 11.9. The van der Waals surface area contributed by atoms with Crippen LogP contribution >= 0.6 is 0 Å². The third kappa shape index (κ3) is 3.80. The van der Waals surface area contributed by atoms with Gasteiger partial charge in [0.15, 0.2) is 0 Å². The van der Waals surface area contributed by atoms with E-state index in [0.29, 0.717) is 24.2 Å². The molecule has 4 aliphatic carbocycles. The van der Waals surface area contributed by atoms with Crippen molar-refractivity contribution in [3.63, 3.8) is 0 Å². The fourth-order valence-corrected chi connectivity index (χ4v) is 7.07. The molecule has 0 saturated heterocycles. The number of rotatable bonds is 5. The van der Waals surface area contributed by atoms with E-state index in [1.807, 2.05) is 0 Å². The van der Waals surface area contributed by atoms with Crippen molar-refractivity contribution in [1.82, 2.24) is 24.8 Å². The Morgan fingerprint density at radius 3 is 2.59 bits per heavy atom. The molecule has 4 saturated carbocycles. The zero-order valence-corrected chi connectivity index (χ0v) is 18.4. The zero-order chi connectivity index (χ0) is 21.5. The van der Waals surface area contributed by atoms with Gasteiger partial charge in [-0.05, 0) is 68.1 Å². The van der Waals surface area contributed by atoms with Crippen LogP contribution in [-0.4, -0.2) is 44.0 Å². The molecule has 0 atom stereocenters. The maximum Gasteiger partial charge on any atom is 0.410 e. The van der Waals surface area contributed by atoms with Crippen LogP contribution in [0.15, 0.2) is 24.9 Å². The second-order valence-corrected chi connectivity index (χ2v) is 10.3. The van der Waals surface area contributed by atoms with E-state index < -0.39 is 0 Å². The van der Waals surface area contributed by atoms with Crippen molar-refractivity contribution in [2.75, 3.05) is 18.4 Å². The lowest BCUT2D eigenvalue weighted by Gasteiger charge is -2.57. The normalized spacial score (nSPS) is 30.1. The van der Waals surface area contributed by atoms with Gasteiger partial charge in [0.2, 0.25) is 0 Å². The summed E-state index contributed by atoms with van der Waals surface area (Å²) in [7, 11) is 0. The standard InChI is InChI=1S/C24H30N6O2/c31-23(32-13-19-11-25-2-3-26-19)30-4-1-20-21(12-30)28-15-29-22(20)27-14-24-8-16-5-17(9-24)7-18(6-16)10-24/h2-3,11,15-18H,1,4-10,12-14H2,(H,27,28,29). The van der Waals surface area contributed by atoms with Gasteiger partial charge in [-0.15, -0.1) is 0 Å². The van der Waals surface area contributed by atoms with Gasteiger partial charge in [0, 0.05) is 31.0 Å². The van der Waals surface area contributed by atoms with Gasteiger partial charge in [0.1, 0.15) is 18.8 Å². The van der Waals surface area contributed by atoms with Gasteiger partial charge in [-0.3, -0.25) is 9.97 Å². The summed E-state index contributed by atoms with van der Waals surface area (Å²) in [5, 5.41) is 3.72. The van der Waals surface area contributed by atoms with Crippen LogP contribution in [0.25, 0.3) is 0 Å². The Labute approximate surface area is 188 Å². The summed E-state index contributed by atoms with van der Waals surface area (Å²) in [6.07, 6.45) is 15.3. The molecule has 32 heavy (non-hydrogen) atoms. The highest BCUT2D eigenvalue weighted by molar-refractivity contribution is 5.68. The average Bonchev–Trinajstić information content (AvgIpc) is 2.80. The Hall–Kier alpha value is -2.77. The Kier molecular flexibility index (Phi) is 4.96. The van der Waals surface area contributed by atoms with E-state index in [1.165, 1.54) is 38.5 Å². The SMILES string of the molecule is O=C(OCc1cnccn1)N1CCc2c(ncnc2NCC23CC4CC(CC(C4)C2)C3)C1. The first kappa shape index (κ1) is 19.9. The maximum absolute atomic E-state index is 12.5. The molecule has 5 aliphatic rings. The first-order valence-corrected chi connectivity index (χ1v) is 11.9. The van der Waals surface area contributed by atoms with Crippen LogP contribution < -0.4 is 5.32 Å². The molecule has 7 rings (SSSR count). The van der Waals surface area contributed by atoms with E-state index >= 15 is 0 Å². The van der Waals surface area contributed by atoms with Crippen LogP contribution in [-0.2, 0) is 24.3 Å². The lowest BCUT2D eigenvalue weighted by molar-refractivity contribution is -0.0444. The summed E-state index contributed by atoms with van der Waals surface area (Å²) in [5.74, 6) is 3.80. The van der Waals surface area contributed by atoms with E-state index in [4.69, 9.17) is 4.74 Å². The molecule has 0 unspecified atom stereocenters. The molecule has 1 aliphatic heterocycles. The Morgan fingerprint density at radius 1 is 1.09 bits per heavy atom. The van der Waals surface area contributed by atoms with Crippen molar-refractivity contribution in [2.45, 2.75) is 58.1 Å². The Bertz CT molecular complexity index is 962. The second-order valence-electron chi connectivity index (χ2n) is 10.3. The highest BCUT2D eigenvalue weighted by Gasteiger charge is 2.50. The molecule has 2 aromatic heterocycles. The minimum Gasteiger partial charge on any atom is -0.443 e. The molecule has 1 N–H and O–H groups in total. The molecule has 1 amide bonds. The number of nitrogens with zero attached hydrogens (tertiary/aromatic N) is 5. The van der Waals surface area contributed by atoms with E-state index in [2.05, 4.69) is 25.3 Å². The summed E-state index contributed by atoms with van der Waals surface area (Å²) in [5.41, 5.74) is 3.15. The van der Waals surface area contributed by atoms with Crippen LogP contribution in [0.5, 0.6) is 0 Å². The Morgan fingerprint density at radius 2 is 1.88 bits per heavy atom. The largest absolute Gasteiger partial charge is 0.443 e. The lowest BCUT2D eigenvalue weighted by atomic mass is 9.49. The van der Waals surface area contributed by atoms with Crippen LogP contribution in [0.2, 0.25) is 0 Å². The number of ether oxygens (including phenoxy) is 1. The van der Waals surface area contributed by atoms with Gasteiger partial charge in [0.05, 0.1) is 24.1 Å². The van der Waals surface area contributed by atoms with E-state index in [1.54, 1.807) is 29.8 Å². The van der Waals surface area contributed by atoms with Crippen LogP contribution in [0.1, 0.15) is 55.5 Å². The van der Waals surface area contributed by atoms with Crippen LogP contribution in [0, 0.1) is 23.2 Å². The number of hydrogen-bond donors (Lipinski definition) is 1. The van der Waals surface area contributed by atoms with Crippen molar-refractivity contribution in [1.29, 1.82) is 0 Å². The summed E-state index contributed by atoms with van der Waals surface area (Å²) >= 11 is 0. The van der Waals surface area contributed by atoms with E-state index in [0.717, 1.165) is 47.8 Å². The second kappa shape index (κ2) is 7.98. The van der Waals surface area contributed by atoms with E-state index in [-0.39, 0.29) is 12.7 Å². The average molecular weight is 435 g/mol. The molecule has 3 heterocycles. The molecule has 4 fully saturated rings. The zero-order valence-electron chi connectivity index (χ0n) is 18.4. The van der Waals surface area contributed by atoms with Gasteiger partial charge in [-0.25, -0.2) is 14.8 Å². The minimum absolute atomic E-state index is 0.123. The van der Waals surface area contributed by atoms with E-state index in [9.17, 15) is 4.79 Å². The third-order valence-corrected chi connectivity index (χ3v) is 8.02. The molecule has 8 nitrogen and oxygen atoms in total. The quantitative estimate of drug-likeness (QED) is 0.769. The summed E-state index contributed by atoms with van der Waals surface area (Å²) in [6.45, 7) is 2.19. The molecule has 0 radical (unpaired) electrons. The molecule has 0 spiro atoms. The van der Waals surface area contributed by atoms with Gasteiger partial charge in [-0.1, -0.05) is 0 Å². The molecular weight excluding hydrogens is 404 g/mol. The van der Waals surface area contributed by atoms with Crippen LogP contribution in [0.3, 0.4) is 0 Å². The predicted octanol–water partition coefficient (Wildman–Crippen LogP) is 3.59. The highest BCUT2D eigenvalue weighted by atomic mass is 16.6. The number of hydrogen-bond acceptors (Lipinski definition) is 7. The van der Waals surface area contributed by atoms with Gasteiger partial charge < -0.3 is 15.0 Å². The van der Waals surface area contributed by atoms with Crippen molar-refractivity contribution < 1.29 is 9.53 Å². The molecular formula is C24H30N6O2. The van der Waals surface area contributed by atoms with Crippen molar-refractivity contribution in [3.05, 3.63) is 41.9 Å². The number of nitrogens with one attached hydrogen (secondary N) is 1. The van der Waals surface area contributed by atoms with Gasteiger partial charge in [-0.2, -0.15) is 0 Å². The highest BCUT2D eigenvalue weighted by Crippen LogP contribution is 2.59. The molecule has 168 valence electrons. The smallest absolute Gasteiger partial charge is 0.410 e. The molecule has 8 heteroatoms. The summed E-state index contributed by atoms with van der Waals surface area (Å²) < 4.78 is 5.42. The lowest BCUT2D eigenvalue weighted by Crippen LogP contribution is -2.49. The first-order chi connectivity index (χ1) is 15.7. The van der Waals surface area contributed by atoms with Crippen LogP contribution in [0.4, 0.5) is 10.6 Å². The number of carbonyl (C=O) groups is 1. The summed E-state index contributed by atoms with van der Waals surface area (Å²) in [6, 6.07) is 0. The fraction of sp³-hybridized carbons (Fsp3) is 0.625. The number of aromatic nitrogens is 4. The summed E-state index contributed by atoms with van der Waals surface area (Å²) in [4.78, 5) is 31.5. The number of amides is 1. The fourth-order valence-electron chi connectivity index (χ4n) is 7.07. The molecule has 0 aromatic carbocycles. The number of carbonyl (C=O) groups excluding carboxylic acids is 1. The van der Waals surface area contributed by atoms with Crippen molar-refractivity contribution in [2.24, 2.45) is 23.2 Å². The number of fused-ring (bicyclic) bond motifs is 1. The van der Waals surface area contributed by atoms with Gasteiger partial charge >= 0.3 is 6.09 Å². The monoisotopic (exact) mass is 434 g/mol. The molecule has 4 bridgehead atoms. The maximum atomic E-state index is 12.5. The minimum atomic E-state index is -0.344. The van der Waals surface area contributed by atoms with Crippen molar-refractivity contribution >= 4 is 11.9 Å². The predicted molar refractivity (Wildman–Crippen MR) is 117 cm³/mol.